The number of guanidine groups is 1. The summed E-state index contributed by atoms with van der Waals surface area (Å²) in [5.74, 6) is 1.61. The molecule has 0 aliphatic carbocycles. The predicted octanol–water partition coefficient (Wildman–Crippen LogP) is 2.16. The van der Waals surface area contributed by atoms with Crippen LogP contribution in [0.5, 0.6) is 0 Å². The topological polar surface area (TPSA) is 54.9 Å². The van der Waals surface area contributed by atoms with Gasteiger partial charge in [0.15, 0.2) is 5.96 Å². The summed E-state index contributed by atoms with van der Waals surface area (Å²) in [6, 6.07) is 0. The first-order valence-corrected chi connectivity index (χ1v) is 7.96. The molecule has 21 heavy (non-hydrogen) atoms. The molecule has 0 bridgehead atoms. The van der Waals surface area contributed by atoms with Crippen molar-refractivity contribution in [1.29, 1.82) is 0 Å². The summed E-state index contributed by atoms with van der Waals surface area (Å²) in [7, 11) is 0. The first kappa shape index (κ1) is 19.0. The van der Waals surface area contributed by atoms with Crippen LogP contribution in [0.2, 0.25) is 0 Å². The van der Waals surface area contributed by atoms with Gasteiger partial charge in [0.05, 0.1) is 12.1 Å². The van der Waals surface area contributed by atoms with Crippen LogP contribution in [0.3, 0.4) is 0 Å². The average Bonchev–Trinajstić information content (AvgIpc) is 2.90. The fourth-order valence-electron chi connectivity index (χ4n) is 2.74. The Morgan fingerprint density at radius 3 is 2.62 bits per heavy atom. The Bertz CT molecular complexity index is 314. The highest BCUT2D eigenvalue weighted by molar-refractivity contribution is 14.0. The van der Waals surface area contributed by atoms with Crippen LogP contribution in [0, 0.1) is 5.92 Å². The molecule has 0 aromatic rings. The summed E-state index contributed by atoms with van der Waals surface area (Å²) in [6.07, 6.45) is 4.55. The smallest absolute Gasteiger partial charge is 0.191 e. The molecule has 1 atom stereocenters. The molecule has 6 heteroatoms. The van der Waals surface area contributed by atoms with Crippen molar-refractivity contribution < 1.29 is 9.47 Å². The van der Waals surface area contributed by atoms with Gasteiger partial charge in [-0.2, -0.15) is 0 Å². The number of nitrogens with zero attached hydrogens (tertiary/aromatic N) is 1. The number of hydrogen-bond acceptors (Lipinski definition) is 3. The predicted molar refractivity (Wildman–Crippen MR) is 96.5 cm³/mol. The maximum absolute atomic E-state index is 5.78. The molecular formula is C15H30IN3O2. The molecule has 2 aliphatic rings. The van der Waals surface area contributed by atoms with E-state index in [9.17, 15) is 0 Å². The van der Waals surface area contributed by atoms with E-state index in [0.29, 0.717) is 5.92 Å². The van der Waals surface area contributed by atoms with Crippen LogP contribution in [0.15, 0.2) is 4.99 Å². The Labute approximate surface area is 145 Å². The van der Waals surface area contributed by atoms with Crippen molar-refractivity contribution in [2.45, 2.75) is 45.1 Å². The van der Waals surface area contributed by atoms with Crippen molar-refractivity contribution in [3.8, 4) is 0 Å². The second-order valence-corrected chi connectivity index (χ2v) is 6.03. The maximum Gasteiger partial charge on any atom is 0.191 e. The number of nitrogens with one attached hydrogen (secondary N) is 2. The average molecular weight is 411 g/mol. The number of aliphatic imine (C=N–C) groups is 1. The van der Waals surface area contributed by atoms with Crippen LogP contribution < -0.4 is 10.6 Å². The first-order valence-electron chi connectivity index (χ1n) is 7.96. The van der Waals surface area contributed by atoms with Gasteiger partial charge in [0.2, 0.25) is 0 Å². The monoisotopic (exact) mass is 411 g/mol. The second-order valence-electron chi connectivity index (χ2n) is 6.03. The Balaban J connectivity index is 0.00000220. The highest BCUT2D eigenvalue weighted by atomic mass is 127. The number of hydrogen-bond donors (Lipinski definition) is 2. The third-order valence-electron chi connectivity index (χ3n) is 4.12. The van der Waals surface area contributed by atoms with Crippen LogP contribution in [-0.4, -0.2) is 51.0 Å². The Hall–Kier alpha value is -0.0800. The molecule has 0 radical (unpaired) electrons. The SMILES string of the molecule is CCNC(=NCC1(C)CCCO1)NCC1CCOCC1.I. The molecule has 2 saturated heterocycles. The maximum atomic E-state index is 5.78. The van der Waals surface area contributed by atoms with E-state index in [1.165, 1.54) is 0 Å². The molecule has 2 N–H and O–H groups in total. The number of rotatable bonds is 5. The Morgan fingerprint density at radius 2 is 2.00 bits per heavy atom. The Morgan fingerprint density at radius 1 is 1.24 bits per heavy atom. The zero-order valence-electron chi connectivity index (χ0n) is 13.3. The van der Waals surface area contributed by atoms with E-state index in [4.69, 9.17) is 9.47 Å². The van der Waals surface area contributed by atoms with Gasteiger partial charge < -0.3 is 20.1 Å². The molecule has 0 spiro atoms. The lowest BCUT2D eigenvalue weighted by Gasteiger charge is -2.24. The third-order valence-corrected chi connectivity index (χ3v) is 4.12. The fourth-order valence-corrected chi connectivity index (χ4v) is 2.74. The molecule has 0 saturated carbocycles. The third kappa shape index (κ3) is 6.69. The van der Waals surface area contributed by atoms with Gasteiger partial charge in [0.25, 0.3) is 0 Å². The molecule has 1 unspecified atom stereocenters. The van der Waals surface area contributed by atoms with Gasteiger partial charge in [-0.05, 0) is 45.4 Å². The minimum atomic E-state index is -0.0684. The van der Waals surface area contributed by atoms with E-state index in [1.807, 2.05) is 0 Å². The van der Waals surface area contributed by atoms with Gasteiger partial charge in [-0.3, -0.25) is 4.99 Å². The highest BCUT2D eigenvalue weighted by Crippen LogP contribution is 2.25. The molecule has 5 nitrogen and oxygen atoms in total. The fraction of sp³-hybridized carbons (Fsp3) is 0.933. The van der Waals surface area contributed by atoms with Gasteiger partial charge in [0.1, 0.15) is 0 Å². The molecule has 0 aromatic heterocycles. The lowest BCUT2D eigenvalue weighted by atomic mass is 10.0. The van der Waals surface area contributed by atoms with Gasteiger partial charge in [-0.15, -0.1) is 24.0 Å². The van der Waals surface area contributed by atoms with Crippen LogP contribution in [-0.2, 0) is 9.47 Å². The standard InChI is InChI=1S/C15H29N3O2.HI/c1-3-16-14(17-11-13-5-9-19-10-6-13)18-12-15(2)7-4-8-20-15;/h13H,3-12H2,1-2H3,(H2,16,17,18);1H. The molecule has 2 aliphatic heterocycles. The van der Waals surface area contributed by atoms with E-state index in [2.05, 4.69) is 29.5 Å². The summed E-state index contributed by atoms with van der Waals surface area (Å²) in [5.41, 5.74) is -0.0684. The summed E-state index contributed by atoms with van der Waals surface area (Å²) in [4.78, 5) is 4.69. The largest absolute Gasteiger partial charge is 0.381 e. The number of halogens is 1. The summed E-state index contributed by atoms with van der Waals surface area (Å²) in [5, 5.41) is 6.77. The minimum absolute atomic E-state index is 0. The van der Waals surface area contributed by atoms with Gasteiger partial charge in [-0.25, -0.2) is 0 Å². The minimum Gasteiger partial charge on any atom is -0.381 e. The van der Waals surface area contributed by atoms with Crippen molar-refractivity contribution in [3.63, 3.8) is 0 Å². The summed E-state index contributed by atoms with van der Waals surface area (Å²) in [6.45, 7) is 9.51. The van der Waals surface area contributed by atoms with E-state index in [1.54, 1.807) is 0 Å². The molecule has 2 rings (SSSR count). The van der Waals surface area contributed by atoms with Crippen molar-refractivity contribution in [3.05, 3.63) is 0 Å². The zero-order chi connectivity index (χ0) is 14.3. The molecular weight excluding hydrogens is 381 g/mol. The van der Waals surface area contributed by atoms with Crippen molar-refractivity contribution in [2.75, 3.05) is 39.5 Å². The van der Waals surface area contributed by atoms with Gasteiger partial charge in [-0.1, -0.05) is 0 Å². The zero-order valence-corrected chi connectivity index (χ0v) is 15.7. The highest BCUT2D eigenvalue weighted by Gasteiger charge is 2.29. The van der Waals surface area contributed by atoms with E-state index >= 15 is 0 Å². The summed E-state index contributed by atoms with van der Waals surface area (Å²) < 4.78 is 11.2. The second kappa shape index (κ2) is 9.84. The van der Waals surface area contributed by atoms with Crippen LogP contribution in [0.1, 0.15) is 39.5 Å². The van der Waals surface area contributed by atoms with Crippen molar-refractivity contribution >= 4 is 29.9 Å². The van der Waals surface area contributed by atoms with Gasteiger partial charge in [0, 0.05) is 32.9 Å². The van der Waals surface area contributed by atoms with E-state index in [-0.39, 0.29) is 29.6 Å². The van der Waals surface area contributed by atoms with Gasteiger partial charge >= 0.3 is 0 Å². The quantitative estimate of drug-likeness (QED) is 0.414. The van der Waals surface area contributed by atoms with Crippen molar-refractivity contribution in [2.24, 2.45) is 10.9 Å². The lowest BCUT2D eigenvalue weighted by Crippen LogP contribution is -2.42. The molecule has 124 valence electrons. The van der Waals surface area contributed by atoms with Crippen molar-refractivity contribution in [1.82, 2.24) is 10.6 Å². The summed E-state index contributed by atoms with van der Waals surface area (Å²) >= 11 is 0. The van der Waals surface area contributed by atoms with Crippen LogP contribution >= 0.6 is 24.0 Å². The van der Waals surface area contributed by atoms with Crippen LogP contribution in [0.4, 0.5) is 0 Å². The molecule has 0 aromatic carbocycles. The molecule has 0 amide bonds. The lowest BCUT2D eigenvalue weighted by molar-refractivity contribution is 0.0283. The van der Waals surface area contributed by atoms with Crippen LogP contribution in [0.25, 0.3) is 0 Å². The normalized spacial score (nSPS) is 27.2. The molecule has 2 fully saturated rings. The Kier molecular flexibility index (Phi) is 8.89. The number of ether oxygens (including phenoxy) is 2. The van der Waals surface area contributed by atoms with E-state index in [0.717, 1.165) is 71.1 Å². The first-order chi connectivity index (χ1) is 9.72. The van der Waals surface area contributed by atoms with E-state index < -0.39 is 0 Å². The molecule has 2 heterocycles.